The van der Waals surface area contributed by atoms with Crippen LogP contribution < -0.4 is 5.73 Å². The largest absolute Gasteiger partial charge is 0.387 e. The van der Waals surface area contributed by atoms with E-state index in [1.165, 1.54) is 0 Å². The van der Waals surface area contributed by atoms with Gasteiger partial charge in [0.15, 0.2) is 0 Å². The van der Waals surface area contributed by atoms with Crippen molar-refractivity contribution in [2.45, 2.75) is 12.8 Å². The van der Waals surface area contributed by atoms with Gasteiger partial charge in [0, 0.05) is 10.9 Å². The molecule has 0 amide bonds. The average Bonchev–Trinajstić information content (AvgIpc) is 3.01. The summed E-state index contributed by atoms with van der Waals surface area (Å²) >= 11 is 5.99. The number of amidine groups is 1. The maximum atomic E-state index is 8.09. The molecule has 0 aromatic heterocycles. The van der Waals surface area contributed by atoms with Crippen LogP contribution in [-0.2, 0) is 0 Å². The number of hydrogen-bond donors (Lipinski definition) is 2. The van der Waals surface area contributed by atoms with Gasteiger partial charge in [-0.2, -0.15) is 10.1 Å². The van der Waals surface area contributed by atoms with Crippen molar-refractivity contribution in [2.75, 3.05) is 6.54 Å². The van der Waals surface area contributed by atoms with Gasteiger partial charge in [0.2, 0.25) is 5.96 Å². The first kappa shape index (κ1) is 16.2. The summed E-state index contributed by atoms with van der Waals surface area (Å²) in [5.74, 6) is 0.437. The molecule has 0 radical (unpaired) electrons. The topological polar surface area (TPSA) is 77.8 Å². The van der Waals surface area contributed by atoms with Crippen molar-refractivity contribution in [3.05, 3.63) is 70.7 Å². The Morgan fingerprint density at radius 3 is 2.50 bits per heavy atom. The first-order valence-corrected chi connectivity index (χ1v) is 7.98. The molecule has 3 N–H and O–H groups in total. The van der Waals surface area contributed by atoms with Crippen molar-refractivity contribution in [1.82, 2.24) is 5.01 Å². The Morgan fingerprint density at radius 1 is 1.21 bits per heavy atom. The van der Waals surface area contributed by atoms with Gasteiger partial charge in [-0.1, -0.05) is 54.1 Å². The van der Waals surface area contributed by atoms with Crippen molar-refractivity contribution in [3.63, 3.8) is 0 Å². The number of benzene rings is 2. The van der Waals surface area contributed by atoms with E-state index >= 15 is 0 Å². The molecule has 3 rings (SSSR count). The van der Waals surface area contributed by atoms with Crippen molar-refractivity contribution in [2.24, 2.45) is 15.8 Å². The molecule has 0 spiro atoms. The highest BCUT2D eigenvalue weighted by molar-refractivity contribution is 6.30. The molecular weight excluding hydrogens is 322 g/mol. The first-order chi connectivity index (χ1) is 11.5. The summed E-state index contributed by atoms with van der Waals surface area (Å²) in [4.78, 5) is 4.01. The van der Waals surface area contributed by atoms with E-state index in [1.807, 2.05) is 42.5 Å². The Balaban J connectivity index is 1.99. The minimum Gasteiger partial charge on any atom is -0.387 e. The molecule has 0 unspecified atom stereocenters. The van der Waals surface area contributed by atoms with E-state index < -0.39 is 0 Å². The van der Waals surface area contributed by atoms with Crippen LogP contribution in [0.4, 0.5) is 0 Å². The van der Waals surface area contributed by atoms with E-state index in [0.717, 1.165) is 16.8 Å². The predicted molar refractivity (Wildman–Crippen MR) is 98.9 cm³/mol. The highest BCUT2D eigenvalue weighted by Gasteiger charge is 2.30. The zero-order chi connectivity index (χ0) is 17.1. The number of nitrogens with zero attached hydrogens (tertiary/aromatic N) is 3. The molecule has 6 heteroatoms. The van der Waals surface area contributed by atoms with Crippen LogP contribution in [0.2, 0.25) is 5.02 Å². The second kappa shape index (κ2) is 6.84. The van der Waals surface area contributed by atoms with E-state index in [0.29, 0.717) is 17.4 Å². The molecule has 0 saturated carbocycles. The Morgan fingerprint density at radius 2 is 1.88 bits per heavy atom. The number of halogens is 1. The van der Waals surface area contributed by atoms with Gasteiger partial charge in [-0.25, -0.2) is 5.01 Å². The smallest absolute Gasteiger partial charge is 0.240 e. The van der Waals surface area contributed by atoms with Crippen molar-refractivity contribution in [3.8, 4) is 0 Å². The first-order valence-electron chi connectivity index (χ1n) is 7.61. The summed E-state index contributed by atoms with van der Waals surface area (Å²) in [6.45, 7) is 2.21. The van der Waals surface area contributed by atoms with E-state index in [-0.39, 0.29) is 11.9 Å². The molecule has 1 atom stereocenters. The van der Waals surface area contributed by atoms with Gasteiger partial charge in [0.25, 0.3) is 0 Å². The Hall–Kier alpha value is -2.66. The lowest BCUT2D eigenvalue weighted by atomic mass is 9.91. The van der Waals surface area contributed by atoms with Crippen LogP contribution in [0.1, 0.15) is 24.0 Å². The highest BCUT2D eigenvalue weighted by atomic mass is 35.5. The van der Waals surface area contributed by atoms with Crippen LogP contribution in [0.3, 0.4) is 0 Å². The fourth-order valence-electron chi connectivity index (χ4n) is 2.69. The molecule has 1 aliphatic rings. The lowest BCUT2D eigenvalue weighted by Crippen LogP contribution is -2.25. The van der Waals surface area contributed by atoms with Gasteiger partial charge in [0.1, 0.15) is 0 Å². The molecule has 122 valence electrons. The van der Waals surface area contributed by atoms with Crippen LogP contribution in [-0.4, -0.2) is 29.1 Å². The number of nitrogens with one attached hydrogen (secondary N) is 1. The quantitative estimate of drug-likeness (QED) is 0.649. The zero-order valence-corrected chi connectivity index (χ0v) is 14.0. The zero-order valence-electron chi connectivity index (χ0n) is 13.3. The third kappa shape index (κ3) is 3.46. The number of rotatable bonds is 2. The van der Waals surface area contributed by atoms with Crippen LogP contribution >= 0.6 is 11.6 Å². The number of guanidine groups is 1. The van der Waals surface area contributed by atoms with Crippen molar-refractivity contribution >= 4 is 29.1 Å². The lowest BCUT2D eigenvalue weighted by molar-refractivity contribution is 0.467. The monoisotopic (exact) mass is 339 g/mol. The van der Waals surface area contributed by atoms with E-state index in [1.54, 1.807) is 11.9 Å². The molecule has 0 fully saturated rings. The molecule has 24 heavy (non-hydrogen) atoms. The summed E-state index contributed by atoms with van der Waals surface area (Å²) < 4.78 is 0. The fraction of sp³-hybridized carbons (Fsp3) is 0.167. The average molecular weight is 340 g/mol. The number of aliphatic imine (C=N–C) groups is 1. The van der Waals surface area contributed by atoms with Gasteiger partial charge in [-0.05, 0) is 30.2 Å². The molecule has 0 aliphatic carbocycles. The third-order valence-electron chi connectivity index (χ3n) is 3.78. The van der Waals surface area contributed by atoms with Crippen LogP contribution in [0, 0.1) is 5.41 Å². The number of nitrogens with two attached hydrogens (primary N) is 1. The maximum absolute atomic E-state index is 8.09. The van der Waals surface area contributed by atoms with Crippen LogP contribution in [0.5, 0.6) is 0 Å². The summed E-state index contributed by atoms with van der Waals surface area (Å²) in [5, 5.41) is 15.0. The molecule has 0 bridgehead atoms. The van der Waals surface area contributed by atoms with Crippen LogP contribution in [0.15, 0.2) is 64.7 Å². The minimum absolute atomic E-state index is 0.0416. The Kier molecular flexibility index (Phi) is 4.62. The van der Waals surface area contributed by atoms with Gasteiger partial charge in [-0.3, -0.25) is 5.41 Å². The van der Waals surface area contributed by atoms with E-state index in [9.17, 15) is 0 Å². The summed E-state index contributed by atoms with van der Waals surface area (Å²) in [5.41, 5.74) is 8.62. The predicted octanol–water partition coefficient (Wildman–Crippen LogP) is 3.46. The summed E-state index contributed by atoms with van der Waals surface area (Å²) in [6.07, 6.45) is 0. The number of hydrogen-bond acceptors (Lipinski definition) is 2. The lowest BCUT2D eigenvalue weighted by Gasteiger charge is -2.15. The van der Waals surface area contributed by atoms with Gasteiger partial charge in [0.05, 0.1) is 18.1 Å². The normalized spacial score (nSPS) is 17.8. The van der Waals surface area contributed by atoms with E-state index in [4.69, 9.17) is 22.7 Å². The van der Waals surface area contributed by atoms with Gasteiger partial charge < -0.3 is 5.73 Å². The number of hydrazone groups is 1. The van der Waals surface area contributed by atoms with Crippen LogP contribution in [0.25, 0.3) is 0 Å². The summed E-state index contributed by atoms with van der Waals surface area (Å²) in [6, 6.07) is 17.7. The molecule has 1 aliphatic heterocycles. The maximum Gasteiger partial charge on any atom is 0.240 e. The standard InChI is InChI=1S/C18H18ClN5/c1-12(20)22-18(21)24-11-16(13-5-3-2-4-6-13)17(23-24)14-7-9-15(19)10-8-14/h2-10,16H,11H2,1H3,(H3,20,21,22)/t16-/m1/s1. The molecule has 1 heterocycles. The van der Waals surface area contributed by atoms with Gasteiger partial charge in [-0.15, -0.1) is 0 Å². The molecular formula is C18H18ClN5. The van der Waals surface area contributed by atoms with Crippen molar-refractivity contribution in [1.29, 1.82) is 5.41 Å². The molecule has 5 nitrogen and oxygen atoms in total. The Labute approximate surface area is 146 Å². The molecule has 2 aromatic carbocycles. The second-order valence-electron chi connectivity index (χ2n) is 5.61. The van der Waals surface area contributed by atoms with E-state index in [2.05, 4.69) is 22.2 Å². The fourth-order valence-corrected chi connectivity index (χ4v) is 2.81. The minimum atomic E-state index is 0.0416. The summed E-state index contributed by atoms with van der Waals surface area (Å²) in [7, 11) is 0. The van der Waals surface area contributed by atoms with Gasteiger partial charge >= 0.3 is 0 Å². The Bertz CT molecular complexity index is 792. The molecule has 0 saturated heterocycles. The SMILES string of the molecule is CC(N)=NC(=N)N1C[C@H](c2ccccc2)C(c2ccc(Cl)cc2)=N1. The van der Waals surface area contributed by atoms with Crippen molar-refractivity contribution < 1.29 is 0 Å². The second-order valence-corrected chi connectivity index (χ2v) is 6.05. The third-order valence-corrected chi connectivity index (χ3v) is 4.03. The molecule has 2 aromatic rings. The highest BCUT2D eigenvalue weighted by Crippen LogP contribution is 2.29.